The van der Waals surface area contributed by atoms with Crippen molar-refractivity contribution >= 4 is 32.6 Å². The maximum absolute atomic E-state index is 12.3. The molecule has 1 amide bonds. The number of thiazole rings is 1. The van der Waals surface area contributed by atoms with Gasteiger partial charge in [0.1, 0.15) is 5.75 Å². The zero-order valence-corrected chi connectivity index (χ0v) is 17.6. The third kappa shape index (κ3) is 5.32. The summed E-state index contributed by atoms with van der Waals surface area (Å²) in [5.74, 6) is 0.492. The minimum Gasteiger partial charge on any atom is -0.484 e. The Morgan fingerprint density at radius 1 is 1.17 bits per heavy atom. The summed E-state index contributed by atoms with van der Waals surface area (Å²) in [6.45, 7) is 8.39. The largest absolute Gasteiger partial charge is 0.484 e. The molecule has 0 bridgehead atoms. The zero-order chi connectivity index (χ0) is 20.2. The van der Waals surface area contributed by atoms with Crippen LogP contribution in [0.4, 0.5) is 5.13 Å². The van der Waals surface area contributed by atoms with E-state index in [4.69, 9.17) is 9.47 Å². The third-order valence-corrected chi connectivity index (χ3v) is 5.71. The smallest absolute Gasteiger partial charge is 0.264 e. The molecule has 1 N–H and O–H groups in total. The molecule has 2 heterocycles. The summed E-state index contributed by atoms with van der Waals surface area (Å²) in [5.41, 5.74) is 4.37. The first-order valence-electron chi connectivity index (χ1n) is 9.76. The Hall–Kier alpha value is -2.48. The van der Waals surface area contributed by atoms with Crippen molar-refractivity contribution in [2.24, 2.45) is 0 Å². The average molecular weight is 412 g/mol. The fraction of sp³-hybridized carbons (Fsp3) is 0.364. The third-order valence-electron chi connectivity index (χ3n) is 4.77. The Kier molecular flexibility index (Phi) is 6.08. The number of ether oxygens (including phenoxy) is 2. The predicted molar refractivity (Wildman–Crippen MR) is 116 cm³/mol. The van der Waals surface area contributed by atoms with E-state index < -0.39 is 0 Å². The Morgan fingerprint density at radius 2 is 1.93 bits per heavy atom. The number of fused-ring (bicyclic) bond motifs is 1. The number of nitrogens with one attached hydrogen (secondary N) is 1. The van der Waals surface area contributed by atoms with Crippen LogP contribution in [-0.4, -0.2) is 48.7 Å². The van der Waals surface area contributed by atoms with Gasteiger partial charge in [0.2, 0.25) is 0 Å². The molecule has 1 saturated heterocycles. The van der Waals surface area contributed by atoms with Gasteiger partial charge in [-0.2, -0.15) is 0 Å². The van der Waals surface area contributed by atoms with Crippen LogP contribution in [0.5, 0.6) is 5.75 Å². The molecule has 4 rings (SSSR count). The summed E-state index contributed by atoms with van der Waals surface area (Å²) in [5, 5.41) is 3.44. The molecule has 0 spiro atoms. The van der Waals surface area contributed by atoms with Gasteiger partial charge in [0.25, 0.3) is 5.91 Å². The van der Waals surface area contributed by atoms with Gasteiger partial charge in [-0.25, -0.2) is 4.98 Å². The van der Waals surface area contributed by atoms with E-state index in [1.54, 1.807) is 0 Å². The molecular formula is C22H25N3O3S. The first-order valence-corrected chi connectivity index (χ1v) is 10.6. The lowest BCUT2D eigenvalue weighted by Gasteiger charge is -2.26. The minimum absolute atomic E-state index is 0.0406. The molecule has 6 nitrogen and oxygen atoms in total. The van der Waals surface area contributed by atoms with E-state index in [0.29, 0.717) is 10.9 Å². The SMILES string of the molecule is Cc1cc(C)cc(OCC(=O)Nc2nc3ccc(CN4CCOCC4)cc3s2)c1. The number of aromatic nitrogens is 1. The van der Waals surface area contributed by atoms with E-state index >= 15 is 0 Å². The van der Waals surface area contributed by atoms with Crippen molar-refractivity contribution in [2.45, 2.75) is 20.4 Å². The van der Waals surface area contributed by atoms with Gasteiger partial charge in [-0.3, -0.25) is 15.0 Å². The number of aryl methyl sites for hydroxylation is 2. The van der Waals surface area contributed by atoms with Crippen LogP contribution in [-0.2, 0) is 16.1 Å². The Morgan fingerprint density at radius 3 is 2.69 bits per heavy atom. The number of carbonyl (C=O) groups excluding carboxylic acids is 1. The highest BCUT2D eigenvalue weighted by Gasteiger charge is 2.13. The van der Waals surface area contributed by atoms with Crippen molar-refractivity contribution in [3.8, 4) is 5.75 Å². The van der Waals surface area contributed by atoms with Gasteiger partial charge in [0, 0.05) is 19.6 Å². The van der Waals surface area contributed by atoms with Crippen LogP contribution < -0.4 is 10.1 Å². The van der Waals surface area contributed by atoms with Gasteiger partial charge in [-0.1, -0.05) is 23.5 Å². The normalized spacial score (nSPS) is 14.8. The standard InChI is InChI=1S/C22H25N3O3S/c1-15-9-16(2)11-18(10-15)28-14-21(26)24-22-23-19-4-3-17(12-20(19)29-22)13-25-5-7-27-8-6-25/h3-4,9-12H,5-8,13-14H2,1-2H3,(H,23,24,26). The van der Waals surface area contributed by atoms with Gasteiger partial charge in [-0.05, 0) is 54.8 Å². The molecule has 1 aromatic heterocycles. The number of morpholine rings is 1. The van der Waals surface area contributed by atoms with E-state index in [1.807, 2.05) is 32.0 Å². The van der Waals surface area contributed by atoms with Crippen molar-refractivity contribution in [3.05, 3.63) is 53.1 Å². The van der Waals surface area contributed by atoms with Gasteiger partial charge in [-0.15, -0.1) is 0 Å². The fourth-order valence-electron chi connectivity index (χ4n) is 3.46. The number of rotatable bonds is 6. The van der Waals surface area contributed by atoms with Crippen molar-refractivity contribution in [1.82, 2.24) is 9.88 Å². The minimum atomic E-state index is -0.211. The molecule has 0 saturated carbocycles. The Labute approximate surface area is 174 Å². The molecular weight excluding hydrogens is 386 g/mol. The molecule has 29 heavy (non-hydrogen) atoms. The van der Waals surface area contributed by atoms with Gasteiger partial charge >= 0.3 is 0 Å². The number of hydrogen-bond acceptors (Lipinski definition) is 6. The van der Waals surface area contributed by atoms with Gasteiger partial charge in [0.15, 0.2) is 11.7 Å². The second kappa shape index (κ2) is 8.90. The monoisotopic (exact) mass is 411 g/mol. The van der Waals surface area contributed by atoms with Crippen molar-refractivity contribution in [2.75, 3.05) is 38.2 Å². The van der Waals surface area contributed by atoms with Crippen LogP contribution in [0.15, 0.2) is 36.4 Å². The van der Waals surface area contributed by atoms with Crippen LogP contribution in [0.25, 0.3) is 10.2 Å². The highest BCUT2D eigenvalue weighted by Crippen LogP contribution is 2.27. The molecule has 3 aromatic rings. The van der Waals surface area contributed by atoms with Crippen molar-refractivity contribution in [1.29, 1.82) is 0 Å². The van der Waals surface area contributed by atoms with E-state index in [-0.39, 0.29) is 12.5 Å². The molecule has 0 radical (unpaired) electrons. The summed E-state index contributed by atoms with van der Waals surface area (Å²) in [7, 11) is 0. The number of anilines is 1. The maximum Gasteiger partial charge on any atom is 0.264 e. The summed E-state index contributed by atoms with van der Waals surface area (Å²) >= 11 is 1.49. The van der Waals surface area contributed by atoms with Crippen molar-refractivity contribution in [3.63, 3.8) is 0 Å². The van der Waals surface area contributed by atoms with E-state index in [1.165, 1.54) is 16.9 Å². The first-order chi connectivity index (χ1) is 14.0. The molecule has 0 aliphatic carbocycles. The molecule has 7 heteroatoms. The van der Waals surface area contributed by atoms with E-state index in [2.05, 4.69) is 33.4 Å². The zero-order valence-electron chi connectivity index (χ0n) is 16.7. The highest BCUT2D eigenvalue weighted by atomic mass is 32.1. The van der Waals surface area contributed by atoms with E-state index in [0.717, 1.165) is 54.2 Å². The van der Waals surface area contributed by atoms with Crippen molar-refractivity contribution < 1.29 is 14.3 Å². The lowest BCUT2D eigenvalue weighted by molar-refractivity contribution is -0.118. The van der Waals surface area contributed by atoms with Crippen LogP contribution in [0.1, 0.15) is 16.7 Å². The van der Waals surface area contributed by atoms with E-state index in [9.17, 15) is 4.79 Å². The van der Waals surface area contributed by atoms with Crippen LogP contribution in [0, 0.1) is 13.8 Å². The van der Waals surface area contributed by atoms with Crippen LogP contribution >= 0.6 is 11.3 Å². The molecule has 2 aromatic carbocycles. The Balaban J connectivity index is 1.36. The molecule has 0 atom stereocenters. The average Bonchev–Trinajstić information content (AvgIpc) is 3.08. The predicted octanol–water partition coefficient (Wildman–Crippen LogP) is 3.76. The number of carbonyl (C=O) groups is 1. The van der Waals surface area contributed by atoms with Gasteiger partial charge in [0.05, 0.1) is 23.4 Å². The second-order valence-corrected chi connectivity index (χ2v) is 8.40. The summed E-state index contributed by atoms with van der Waals surface area (Å²) in [4.78, 5) is 19.2. The molecule has 0 unspecified atom stereocenters. The number of hydrogen-bond donors (Lipinski definition) is 1. The molecule has 1 fully saturated rings. The number of nitrogens with zero attached hydrogens (tertiary/aromatic N) is 2. The summed E-state index contributed by atoms with van der Waals surface area (Å²) in [6.07, 6.45) is 0. The maximum atomic E-state index is 12.3. The topological polar surface area (TPSA) is 63.7 Å². The van der Waals surface area contributed by atoms with Gasteiger partial charge < -0.3 is 9.47 Å². The molecule has 1 aliphatic rings. The Bertz CT molecular complexity index is 991. The first kappa shape index (κ1) is 19.8. The highest BCUT2D eigenvalue weighted by molar-refractivity contribution is 7.22. The molecule has 1 aliphatic heterocycles. The fourth-order valence-corrected chi connectivity index (χ4v) is 4.40. The van der Waals surface area contributed by atoms with Crippen LogP contribution in [0.2, 0.25) is 0 Å². The van der Waals surface area contributed by atoms with Crippen LogP contribution in [0.3, 0.4) is 0 Å². The second-order valence-electron chi connectivity index (χ2n) is 7.37. The lowest BCUT2D eigenvalue weighted by Crippen LogP contribution is -2.35. The summed E-state index contributed by atoms with van der Waals surface area (Å²) < 4.78 is 12.1. The quantitative estimate of drug-likeness (QED) is 0.669. The lowest BCUT2D eigenvalue weighted by atomic mass is 10.1. The number of amides is 1. The molecule has 152 valence electrons. The number of benzene rings is 2. The summed E-state index contributed by atoms with van der Waals surface area (Å²) in [6, 6.07) is 12.2.